The minimum Gasteiger partial charge on any atom is -0.382 e. The van der Waals surface area contributed by atoms with E-state index in [2.05, 4.69) is 23.8 Å². The van der Waals surface area contributed by atoms with Crippen LogP contribution in [0.15, 0.2) is 28.7 Å². The van der Waals surface area contributed by atoms with E-state index in [1.54, 1.807) is 18.2 Å². The van der Waals surface area contributed by atoms with Gasteiger partial charge >= 0.3 is 0 Å². The average molecular weight is 219 g/mol. The fourth-order valence-electron chi connectivity index (χ4n) is 2.00. The Bertz CT molecular complexity index is 395. The van der Waals surface area contributed by atoms with Crippen molar-refractivity contribution in [1.29, 1.82) is 0 Å². The van der Waals surface area contributed by atoms with Gasteiger partial charge in [0, 0.05) is 6.54 Å². The fraction of sp³-hybridized carbons (Fsp3) is 0.500. The molecule has 2 aliphatic heterocycles. The van der Waals surface area contributed by atoms with Crippen molar-refractivity contribution >= 4 is 12.1 Å². The highest BCUT2D eigenvalue weighted by Gasteiger charge is 2.24. The number of rotatable bonds is 2. The number of aliphatic imine (C=N–C) groups is 1. The van der Waals surface area contributed by atoms with Crippen molar-refractivity contribution in [3.8, 4) is 0 Å². The van der Waals surface area contributed by atoms with Crippen LogP contribution in [0, 0.1) is 5.92 Å². The van der Waals surface area contributed by atoms with Crippen molar-refractivity contribution in [1.82, 2.24) is 10.2 Å². The molecule has 1 atom stereocenters. The molecule has 0 radical (unpaired) electrons. The SMILES string of the molecule is C=C1C2=C(CC(C)CN2)N=CN1CC(C)=O. The number of Topliss-reactive ketones (excluding diaryl/α,β-unsaturated/α-hetero) is 1. The van der Waals surface area contributed by atoms with Crippen LogP contribution in [0.3, 0.4) is 0 Å². The molecule has 1 unspecified atom stereocenters. The highest BCUT2D eigenvalue weighted by Crippen LogP contribution is 2.28. The van der Waals surface area contributed by atoms with Crippen LogP contribution in [0.25, 0.3) is 0 Å². The third-order valence-corrected chi connectivity index (χ3v) is 2.84. The van der Waals surface area contributed by atoms with E-state index in [9.17, 15) is 4.79 Å². The zero-order chi connectivity index (χ0) is 11.7. The third kappa shape index (κ3) is 2.01. The largest absolute Gasteiger partial charge is 0.382 e. The summed E-state index contributed by atoms with van der Waals surface area (Å²) in [6.45, 7) is 9.07. The number of nitrogens with zero attached hydrogens (tertiary/aromatic N) is 2. The Labute approximate surface area is 95.7 Å². The zero-order valence-electron chi connectivity index (χ0n) is 9.79. The summed E-state index contributed by atoms with van der Waals surface area (Å²) in [4.78, 5) is 17.3. The van der Waals surface area contributed by atoms with Gasteiger partial charge in [0.25, 0.3) is 0 Å². The van der Waals surface area contributed by atoms with Gasteiger partial charge in [-0.05, 0) is 19.3 Å². The van der Waals surface area contributed by atoms with E-state index in [1.165, 1.54) is 0 Å². The maximum atomic E-state index is 11.1. The Morgan fingerprint density at radius 2 is 2.50 bits per heavy atom. The number of carbonyl (C=O) groups is 1. The molecular formula is C12H17N3O. The van der Waals surface area contributed by atoms with Gasteiger partial charge < -0.3 is 10.2 Å². The molecule has 0 fully saturated rings. The van der Waals surface area contributed by atoms with E-state index in [4.69, 9.17) is 0 Å². The molecule has 4 nitrogen and oxygen atoms in total. The van der Waals surface area contributed by atoms with Crippen LogP contribution >= 0.6 is 0 Å². The van der Waals surface area contributed by atoms with Crippen LogP contribution in [0.4, 0.5) is 0 Å². The van der Waals surface area contributed by atoms with E-state index >= 15 is 0 Å². The van der Waals surface area contributed by atoms with Gasteiger partial charge in [0.2, 0.25) is 0 Å². The Morgan fingerprint density at radius 1 is 1.75 bits per heavy atom. The van der Waals surface area contributed by atoms with E-state index in [1.807, 2.05) is 0 Å². The van der Waals surface area contributed by atoms with E-state index in [-0.39, 0.29) is 5.78 Å². The molecule has 0 spiro atoms. The minimum absolute atomic E-state index is 0.112. The van der Waals surface area contributed by atoms with Gasteiger partial charge in [0.15, 0.2) is 0 Å². The molecule has 2 aliphatic rings. The fourth-order valence-corrected chi connectivity index (χ4v) is 2.00. The average Bonchev–Trinajstić information content (AvgIpc) is 2.22. The first-order chi connectivity index (χ1) is 7.58. The molecule has 0 aromatic carbocycles. The molecule has 2 rings (SSSR count). The van der Waals surface area contributed by atoms with Crippen molar-refractivity contribution in [3.05, 3.63) is 23.7 Å². The first kappa shape index (κ1) is 10.9. The molecule has 0 aliphatic carbocycles. The van der Waals surface area contributed by atoms with Crippen LogP contribution < -0.4 is 5.32 Å². The quantitative estimate of drug-likeness (QED) is 0.760. The lowest BCUT2D eigenvalue weighted by molar-refractivity contribution is -0.117. The summed E-state index contributed by atoms with van der Waals surface area (Å²) in [7, 11) is 0. The zero-order valence-corrected chi connectivity index (χ0v) is 9.79. The van der Waals surface area contributed by atoms with Gasteiger partial charge in [-0.15, -0.1) is 0 Å². The summed E-state index contributed by atoms with van der Waals surface area (Å²) < 4.78 is 0. The number of nitrogens with one attached hydrogen (secondary N) is 1. The second-order valence-corrected chi connectivity index (χ2v) is 4.53. The molecular weight excluding hydrogens is 202 g/mol. The molecule has 0 amide bonds. The molecule has 0 aromatic rings. The Hall–Kier alpha value is -1.58. The van der Waals surface area contributed by atoms with E-state index in [0.29, 0.717) is 12.5 Å². The molecule has 0 bridgehead atoms. The monoisotopic (exact) mass is 219 g/mol. The summed E-state index contributed by atoms with van der Waals surface area (Å²) >= 11 is 0. The summed E-state index contributed by atoms with van der Waals surface area (Å²) in [5.41, 5.74) is 2.91. The topological polar surface area (TPSA) is 44.7 Å². The molecule has 0 saturated heterocycles. The normalized spacial score (nSPS) is 24.2. The van der Waals surface area contributed by atoms with Crippen molar-refractivity contribution in [3.63, 3.8) is 0 Å². The second-order valence-electron chi connectivity index (χ2n) is 4.53. The predicted molar refractivity (Wildman–Crippen MR) is 63.8 cm³/mol. The van der Waals surface area contributed by atoms with Crippen LogP contribution in [0.1, 0.15) is 20.3 Å². The molecule has 4 heteroatoms. The highest BCUT2D eigenvalue weighted by molar-refractivity contribution is 5.81. The molecule has 0 aromatic heterocycles. The van der Waals surface area contributed by atoms with Crippen LogP contribution in [0.5, 0.6) is 0 Å². The minimum atomic E-state index is 0.112. The molecule has 1 N–H and O–H groups in total. The van der Waals surface area contributed by atoms with Gasteiger partial charge in [-0.1, -0.05) is 13.5 Å². The van der Waals surface area contributed by atoms with Gasteiger partial charge in [-0.2, -0.15) is 0 Å². The molecule has 0 saturated carbocycles. The first-order valence-electron chi connectivity index (χ1n) is 5.54. The van der Waals surface area contributed by atoms with Gasteiger partial charge in [-0.25, -0.2) is 4.99 Å². The Balaban J connectivity index is 2.18. The molecule has 16 heavy (non-hydrogen) atoms. The Kier molecular flexibility index (Phi) is 2.81. The predicted octanol–water partition coefficient (Wildman–Crippen LogP) is 1.27. The first-order valence-corrected chi connectivity index (χ1v) is 5.54. The Morgan fingerprint density at radius 3 is 3.19 bits per heavy atom. The standard InChI is InChI=1S/C12H17N3O/c1-8-4-11-12(13-5-8)10(3)15(7-14-11)6-9(2)16/h7-8,13H,3-6H2,1-2H3. The number of ketones is 1. The van der Waals surface area contributed by atoms with Crippen molar-refractivity contribution in [2.75, 3.05) is 13.1 Å². The summed E-state index contributed by atoms with van der Waals surface area (Å²) in [5, 5.41) is 3.34. The lowest BCUT2D eigenvalue weighted by atomic mass is 9.98. The third-order valence-electron chi connectivity index (χ3n) is 2.84. The van der Waals surface area contributed by atoms with Crippen LogP contribution in [0.2, 0.25) is 0 Å². The summed E-state index contributed by atoms with van der Waals surface area (Å²) in [6.07, 6.45) is 2.69. The van der Waals surface area contributed by atoms with Crippen LogP contribution in [-0.2, 0) is 4.79 Å². The van der Waals surface area contributed by atoms with Crippen molar-refractivity contribution in [2.24, 2.45) is 10.9 Å². The number of allylic oxidation sites excluding steroid dienone is 1. The number of hydrogen-bond acceptors (Lipinski definition) is 4. The maximum Gasteiger partial charge on any atom is 0.149 e. The maximum absolute atomic E-state index is 11.1. The van der Waals surface area contributed by atoms with Crippen molar-refractivity contribution in [2.45, 2.75) is 20.3 Å². The summed E-state index contributed by atoms with van der Waals surface area (Å²) in [6, 6.07) is 0. The van der Waals surface area contributed by atoms with Crippen LogP contribution in [-0.4, -0.2) is 30.1 Å². The van der Waals surface area contributed by atoms with Crippen molar-refractivity contribution < 1.29 is 4.79 Å². The lowest BCUT2D eigenvalue weighted by Gasteiger charge is -2.33. The molecule has 2 heterocycles. The second kappa shape index (κ2) is 4.12. The summed E-state index contributed by atoms with van der Waals surface area (Å²) in [5.74, 6) is 0.712. The van der Waals surface area contributed by atoms with Gasteiger partial charge in [0.1, 0.15) is 5.78 Å². The number of carbonyl (C=O) groups excluding carboxylic acids is 1. The van der Waals surface area contributed by atoms with Gasteiger partial charge in [0.05, 0.1) is 30.0 Å². The van der Waals surface area contributed by atoms with E-state index < -0.39 is 0 Å². The molecule has 86 valence electrons. The number of hydrogen-bond donors (Lipinski definition) is 1. The smallest absolute Gasteiger partial charge is 0.149 e. The van der Waals surface area contributed by atoms with Gasteiger partial charge in [-0.3, -0.25) is 4.79 Å². The van der Waals surface area contributed by atoms with E-state index in [0.717, 1.165) is 30.1 Å². The lowest BCUT2D eigenvalue weighted by Crippen LogP contribution is -2.37. The highest BCUT2D eigenvalue weighted by atomic mass is 16.1.